The maximum atomic E-state index is 12.1. The number of hydrogen-bond acceptors (Lipinski definition) is 3. The fourth-order valence-electron chi connectivity index (χ4n) is 2.49. The van der Waals surface area contributed by atoms with E-state index in [4.69, 9.17) is 5.11 Å². The Hall–Kier alpha value is -1.65. The minimum atomic E-state index is -0.880. The smallest absolute Gasteiger partial charge is 0.347 e. The summed E-state index contributed by atoms with van der Waals surface area (Å²) in [6, 6.07) is 0. The van der Waals surface area contributed by atoms with Crippen LogP contribution < -0.4 is 5.69 Å². The standard InChI is InChI=1S/C15H24N2O3/c1-4-7-8-9-17-13(6-3)11(10-14(18)19)12(5-2)16-15(17)20/h4-10H2,1-3H3,(H,18,19). The molecule has 20 heavy (non-hydrogen) atoms. The summed E-state index contributed by atoms with van der Waals surface area (Å²) in [7, 11) is 0. The van der Waals surface area contributed by atoms with Crippen LogP contribution in [0.25, 0.3) is 0 Å². The quantitative estimate of drug-likeness (QED) is 0.741. The Labute approximate surface area is 119 Å². The van der Waals surface area contributed by atoms with Crippen molar-refractivity contribution in [3.63, 3.8) is 0 Å². The summed E-state index contributed by atoms with van der Waals surface area (Å²) in [6.45, 7) is 6.58. The van der Waals surface area contributed by atoms with Gasteiger partial charge in [-0.3, -0.25) is 9.36 Å². The van der Waals surface area contributed by atoms with Crippen molar-refractivity contribution in [2.24, 2.45) is 0 Å². The predicted octanol–water partition coefficient (Wildman–Crippen LogP) is 2.19. The molecule has 0 fully saturated rings. The third kappa shape index (κ3) is 3.92. The molecule has 0 spiro atoms. The normalized spacial score (nSPS) is 10.8. The zero-order valence-corrected chi connectivity index (χ0v) is 12.6. The average molecular weight is 280 g/mol. The Morgan fingerprint density at radius 1 is 1.20 bits per heavy atom. The number of carboxylic acid groups (broad SMARTS) is 1. The van der Waals surface area contributed by atoms with Crippen molar-refractivity contribution in [2.45, 2.75) is 65.8 Å². The molecule has 0 aliphatic heterocycles. The van der Waals surface area contributed by atoms with Crippen LogP contribution in [0, 0.1) is 0 Å². The summed E-state index contributed by atoms with van der Waals surface area (Å²) in [6.07, 6.45) is 4.23. The second-order valence-corrected chi connectivity index (χ2v) is 4.90. The van der Waals surface area contributed by atoms with Crippen molar-refractivity contribution in [3.05, 3.63) is 27.4 Å². The number of rotatable bonds is 8. The predicted molar refractivity (Wildman–Crippen MR) is 78.1 cm³/mol. The molecule has 0 aliphatic rings. The number of aryl methyl sites for hydroxylation is 1. The van der Waals surface area contributed by atoms with Crippen LogP contribution >= 0.6 is 0 Å². The highest BCUT2D eigenvalue weighted by Gasteiger charge is 2.17. The van der Waals surface area contributed by atoms with Gasteiger partial charge in [0.1, 0.15) is 0 Å². The minimum Gasteiger partial charge on any atom is -0.481 e. The van der Waals surface area contributed by atoms with E-state index >= 15 is 0 Å². The summed E-state index contributed by atoms with van der Waals surface area (Å²) >= 11 is 0. The third-order valence-corrected chi connectivity index (χ3v) is 3.47. The minimum absolute atomic E-state index is 0.0621. The number of nitrogens with zero attached hydrogens (tertiary/aromatic N) is 2. The van der Waals surface area contributed by atoms with Crippen molar-refractivity contribution in [2.75, 3.05) is 0 Å². The van der Waals surface area contributed by atoms with Gasteiger partial charge in [0.15, 0.2) is 0 Å². The maximum absolute atomic E-state index is 12.1. The van der Waals surface area contributed by atoms with E-state index in [-0.39, 0.29) is 12.1 Å². The van der Waals surface area contributed by atoms with E-state index in [1.165, 1.54) is 0 Å². The zero-order valence-electron chi connectivity index (χ0n) is 12.6. The molecule has 0 bridgehead atoms. The van der Waals surface area contributed by atoms with E-state index in [1.54, 1.807) is 4.57 Å². The molecular weight excluding hydrogens is 256 g/mol. The van der Waals surface area contributed by atoms with Gasteiger partial charge in [0, 0.05) is 17.8 Å². The number of aliphatic carboxylic acids is 1. The van der Waals surface area contributed by atoms with Crippen molar-refractivity contribution in [3.8, 4) is 0 Å². The lowest BCUT2D eigenvalue weighted by Gasteiger charge is -2.17. The molecule has 0 saturated heterocycles. The lowest BCUT2D eigenvalue weighted by Crippen LogP contribution is -2.30. The summed E-state index contributed by atoms with van der Waals surface area (Å²) in [5.74, 6) is -0.880. The van der Waals surface area contributed by atoms with Crippen LogP contribution in [-0.2, 0) is 30.6 Å². The number of aromatic nitrogens is 2. The van der Waals surface area contributed by atoms with Crippen LogP contribution in [-0.4, -0.2) is 20.6 Å². The molecule has 5 nitrogen and oxygen atoms in total. The molecule has 1 rings (SSSR count). The van der Waals surface area contributed by atoms with Gasteiger partial charge in [-0.1, -0.05) is 33.6 Å². The molecule has 0 atom stereocenters. The van der Waals surface area contributed by atoms with Crippen molar-refractivity contribution < 1.29 is 9.90 Å². The molecular formula is C15H24N2O3. The van der Waals surface area contributed by atoms with E-state index in [1.807, 2.05) is 13.8 Å². The highest BCUT2D eigenvalue weighted by atomic mass is 16.4. The summed E-state index contributed by atoms with van der Waals surface area (Å²) in [5, 5.41) is 9.07. The van der Waals surface area contributed by atoms with Gasteiger partial charge >= 0.3 is 11.7 Å². The highest BCUT2D eigenvalue weighted by molar-refractivity contribution is 5.71. The number of hydrogen-bond donors (Lipinski definition) is 1. The molecule has 1 aromatic heterocycles. The molecule has 0 radical (unpaired) electrons. The van der Waals surface area contributed by atoms with E-state index < -0.39 is 5.97 Å². The Balaban J connectivity index is 3.28. The second-order valence-electron chi connectivity index (χ2n) is 4.90. The zero-order chi connectivity index (χ0) is 15.1. The van der Waals surface area contributed by atoms with Crippen LogP contribution in [0.4, 0.5) is 0 Å². The molecule has 1 aromatic rings. The van der Waals surface area contributed by atoms with Crippen molar-refractivity contribution in [1.29, 1.82) is 0 Å². The molecule has 1 heterocycles. The first kappa shape index (κ1) is 16.4. The highest BCUT2D eigenvalue weighted by Crippen LogP contribution is 2.14. The van der Waals surface area contributed by atoms with Gasteiger partial charge in [0.2, 0.25) is 0 Å². The van der Waals surface area contributed by atoms with Gasteiger partial charge in [-0.25, -0.2) is 4.79 Å². The molecule has 0 saturated carbocycles. The van der Waals surface area contributed by atoms with Gasteiger partial charge in [-0.2, -0.15) is 4.98 Å². The first-order chi connectivity index (χ1) is 9.54. The summed E-state index contributed by atoms with van der Waals surface area (Å²) in [5.41, 5.74) is 1.93. The summed E-state index contributed by atoms with van der Waals surface area (Å²) in [4.78, 5) is 27.2. The first-order valence-electron chi connectivity index (χ1n) is 7.38. The fourth-order valence-corrected chi connectivity index (χ4v) is 2.49. The summed E-state index contributed by atoms with van der Waals surface area (Å²) < 4.78 is 1.66. The topological polar surface area (TPSA) is 72.2 Å². The lowest BCUT2D eigenvalue weighted by atomic mass is 10.0. The number of carbonyl (C=O) groups is 1. The molecule has 0 amide bonds. The third-order valence-electron chi connectivity index (χ3n) is 3.47. The van der Waals surface area contributed by atoms with Crippen molar-refractivity contribution >= 4 is 5.97 Å². The largest absolute Gasteiger partial charge is 0.481 e. The van der Waals surface area contributed by atoms with Crippen molar-refractivity contribution in [1.82, 2.24) is 9.55 Å². The van der Waals surface area contributed by atoms with E-state index in [0.717, 1.165) is 30.5 Å². The van der Waals surface area contributed by atoms with E-state index in [2.05, 4.69) is 11.9 Å². The van der Waals surface area contributed by atoms with Crippen LogP contribution in [0.3, 0.4) is 0 Å². The Bertz CT molecular complexity index is 521. The SMILES string of the molecule is CCCCCn1c(CC)c(CC(=O)O)c(CC)nc1=O. The van der Waals surface area contributed by atoms with E-state index in [9.17, 15) is 9.59 Å². The van der Waals surface area contributed by atoms with Crippen LogP contribution in [0.2, 0.25) is 0 Å². The Kier molecular flexibility index (Phi) is 6.42. The molecule has 112 valence electrons. The van der Waals surface area contributed by atoms with Gasteiger partial charge in [0.05, 0.1) is 12.1 Å². The molecule has 5 heteroatoms. The molecule has 1 N–H and O–H groups in total. The first-order valence-corrected chi connectivity index (χ1v) is 7.38. The van der Waals surface area contributed by atoms with Gasteiger partial charge in [0.25, 0.3) is 0 Å². The van der Waals surface area contributed by atoms with Gasteiger partial charge in [-0.15, -0.1) is 0 Å². The Morgan fingerprint density at radius 2 is 1.90 bits per heavy atom. The number of carboxylic acids is 1. The van der Waals surface area contributed by atoms with Crippen LogP contribution in [0.15, 0.2) is 4.79 Å². The molecule has 0 aromatic carbocycles. The lowest BCUT2D eigenvalue weighted by molar-refractivity contribution is -0.136. The van der Waals surface area contributed by atoms with Gasteiger partial charge in [-0.05, 0) is 19.3 Å². The fraction of sp³-hybridized carbons (Fsp3) is 0.667. The van der Waals surface area contributed by atoms with Gasteiger partial charge < -0.3 is 5.11 Å². The van der Waals surface area contributed by atoms with Crippen LogP contribution in [0.1, 0.15) is 57.0 Å². The molecule has 0 unspecified atom stereocenters. The average Bonchev–Trinajstić information content (AvgIpc) is 2.41. The maximum Gasteiger partial charge on any atom is 0.347 e. The monoisotopic (exact) mass is 280 g/mol. The van der Waals surface area contributed by atoms with E-state index in [0.29, 0.717) is 25.1 Å². The van der Waals surface area contributed by atoms with Crippen LogP contribution in [0.5, 0.6) is 0 Å². The number of unbranched alkanes of at least 4 members (excludes halogenated alkanes) is 2. The second kappa shape index (κ2) is 7.82. The molecule has 0 aliphatic carbocycles. The Morgan fingerprint density at radius 3 is 2.40 bits per heavy atom.